The van der Waals surface area contributed by atoms with Crippen LogP contribution >= 0.6 is 0 Å². The summed E-state index contributed by atoms with van der Waals surface area (Å²) in [4.78, 5) is 15.9. The zero-order valence-corrected chi connectivity index (χ0v) is 18.0. The van der Waals surface area contributed by atoms with Crippen molar-refractivity contribution in [2.45, 2.75) is 56.9 Å². The van der Waals surface area contributed by atoms with E-state index >= 15 is 0 Å². The lowest BCUT2D eigenvalue weighted by Crippen LogP contribution is -2.42. The quantitative estimate of drug-likeness (QED) is 0.630. The Morgan fingerprint density at radius 1 is 0.839 bits per heavy atom. The number of carbonyl (C=O) groups is 1. The lowest BCUT2D eigenvalue weighted by molar-refractivity contribution is -0.133. The van der Waals surface area contributed by atoms with Crippen LogP contribution in [0, 0.1) is 0 Å². The molecule has 0 N–H and O–H groups in total. The Morgan fingerprint density at radius 3 is 2.26 bits per heavy atom. The van der Waals surface area contributed by atoms with Crippen LogP contribution in [0.3, 0.4) is 0 Å². The number of hydrogen-bond acceptors (Lipinski definition) is 3. The molecule has 5 nitrogen and oxygen atoms in total. The summed E-state index contributed by atoms with van der Waals surface area (Å²) in [6.07, 6.45) is 6.75. The van der Waals surface area contributed by atoms with E-state index in [9.17, 15) is 4.79 Å². The van der Waals surface area contributed by atoms with Crippen LogP contribution in [0.25, 0.3) is 0 Å². The molecule has 0 spiro atoms. The molecule has 5 rings (SSSR count). The topological polar surface area (TPSA) is 51.0 Å². The van der Waals surface area contributed by atoms with Gasteiger partial charge in [0.05, 0.1) is 5.92 Å². The maximum Gasteiger partial charge on any atom is 0.234 e. The molecule has 1 saturated heterocycles. The number of aromatic nitrogens is 3. The summed E-state index contributed by atoms with van der Waals surface area (Å²) in [5.74, 6) is 2.41. The molecule has 0 bridgehead atoms. The third-order valence-electron chi connectivity index (χ3n) is 6.75. The van der Waals surface area contributed by atoms with Gasteiger partial charge in [-0.2, -0.15) is 0 Å². The number of nitrogens with zero attached hydrogens (tertiary/aromatic N) is 4. The fourth-order valence-electron chi connectivity index (χ4n) is 5.15. The second-order valence-electron chi connectivity index (χ2n) is 8.81. The Balaban J connectivity index is 1.41. The van der Waals surface area contributed by atoms with Gasteiger partial charge >= 0.3 is 0 Å². The van der Waals surface area contributed by atoms with Gasteiger partial charge in [-0.1, -0.05) is 67.1 Å². The van der Waals surface area contributed by atoms with E-state index < -0.39 is 0 Å². The molecule has 0 saturated carbocycles. The minimum atomic E-state index is -0.267. The molecular formula is C26H30N4O. The van der Waals surface area contributed by atoms with Crippen molar-refractivity contribution in [3.8, 4) is 0 Å². The summed E-state index contributed by atoms with van der Waals surface area (Å²) in [6, 6.07) is 20.3. The molecule has 3 aromatic rings. The van der Waals surface area contributed by atoms with Gasteiger partial charge in [0.15, 0.2) is 0 Å². The average Bonchev–Trinajstić information content (AvgIpc) is 3.09. The van der Waals surface area contributed by atoms with E-state index in [0.29, 0.717) is 0 Å². The van der Waals surface area contributed by atoms with Crippen LogP contribution in [-0.4, -0.2) is 38.7 Å². The van der Waals surface area contributed by atoms with E-state index in [2.05, 4.69) is 43.9 Å². The highest BCUT2D eigenvalue weighted by molar-refractivity contribution is 5.87. The van der Waals surface area contributed by atoms with Crippen LogP contribution in [0.5, 0.6) is 0 Å². The maximum atomic E-state index is 13.8. The van der Waals surface area contributed by atoms with Crippen LogP contribution in [-0.2, 0) is 17.8 Å². The molecule has 1 aromatic heterocycles. The minimum Gasteiger partial charge on any atom is -0.341 e. The third kappa shape index (κ3) is 4.14. The Kier molecular flexibility index (Phi) is 5.83. The molecule has 1 unspecified atom stereocenters. The fraction of sp³-hybridized carbons (Fsp3) is 0.423. The van der Waals surface area contributed by atoms with Crippen molar-refractivity contribution in [2.24, 2.45) is 0 Å². The molecule has 1 amide bonds. The van der Waals surface area contributed by atoms with Gasteiger partial charge in [0.2, 0.25) is 5.91 Å². The molecule has 2 aliphatic heterocycles. The van der Waals surface area contributed by atoms with Crippen LogP contribution < -0.4 is 0 Å². The van der Waals surface area contributed by atoms with Crippen molar-refractivity contribution in [3.63, 3.8) is 0 Å². The molecule has 0 radical (unpaired) electrons. The number of carbonyl (C=O) groups excluding carboxylic acids is 1. The molecule has 2 aromatic carbocycles. The van der Waals surface area contributed by atoms with Gasteiger partial charge in [-0.3, -0.25) is 4.79 Å². The number of likely N-dealkylation sites (tertiary alicyclic amines) is 1. The van der Waals surface area contributed by atoms with Gasteiger partial charge in [-0.05, 0) is 36.8 Å². The van der Waals surface area contributed by atoms with Crippen LogP contribution in [0.4, 0.5) is 0 Å². The number of amides is 1. The van der Waals surface area contributed by atoms with Crippen LogP contribution in [0.1, 0.15) is 66.7 Å². The molecule has 1 fully saturated rings. The highest BCUT2D eigenvalue weighted by Gasteiger charge is 2.33. The maximum absolute atomic E-state index is 13.8. The standard InChI is InChI=1S/C26H30N4O/c31-26(24(20-11-4-1-5-12-20)21-13-6-2-7-14-21)29-17-10-15-22(19-29)25-28-27-23-16-8-3-9-18-30(23)25/h1-2,4-7,11-14,22,24H,3,8-10,15-19H2. The van der Waals surface area contributed by atoms with Crippen LogP contribution in [0.2, 0.25) is 0 Å². The first kappa shape index (κ1) is 20.0. The van der Waals surface area contributed by atoms with Crippen molar-refractivity contribution in [1.82, 2.24) is 19.7 Å². The van der Waals surface area contributed by atoms with Crippen molar-refractivity contribution in [1.29, 1.82) is 0 Å². The Morgan fingerprint density at radius 2 is 1.55 bits per heavy atom. The predicted molar refractivity (Wildman–Crippen MR) is 121 cm³/mol. The number of aryl methyl sites for hydroxylation is 1. The minimum absolute atomic E-state index is 0.192. The first-order valence-electron chi connectivity index (χ1n) is 11.6. The lowest BCUT2D eigenvalue weighted by atomic mass is 9.88. The Hall–Kier alpha value is -2.95. The lowest BCUT2D eigenvalue weighted by Gasteiger charge is -2.35. The molecule has 0 aliphatic carbocycles. The summed E-state index contributed by atoms with van der Waals surface area (Å²) < 4.78 is 2.34. The molecule has 1 atom stereocenters. The van der Waals surface area contributed by atoms with E-state index in [4.69, 9.17) is 0 Å². The summed E-state index contributed by atoms with van der Waals surface area (Å²) >= 11 is 0. The normalized spacial score (nSPS) is 19.1. The second-order valence-corrected chi connectivity index (χ2v) is 8.81. The second kappa shape index (κ2) is 9.04. The Bertz CT molecular complexity index is 975. The third-order valence-corrected chi connectivity index (χ3v) is 6.75. The summed E-state index contributed by atoms with van der Waals surface area (Å²) in [5, 5.41) is 9.09. The van der Waals surface area contributed by atoms with Gasteiger partial charge in [0.1, 0.15) is 11.6 Å². The predicted octanol–water partition coefficient (Wildman–Crippen LogP) is 4.54. The van der Waals surface area contributed by atoms with E-state index in [1.165, 1.54) is 19.3 Å². The SMILES string of the molecule is O=C(C(c1ccccc1)c1ccccc1)N1CCCC(c2nnc3n2CCCCC3)C1. The van der Waals surface area contributed by atoms with Crippen molar-refractivity contribution >= 4 is 5.91 Å². The largest absolute Gasteiger partial charge is 0.341 e. The number of benzene rings is 2. The number of fused-ring (bicyclic) bond motifs is 1. The van der Waals surface area contributed by atoms with Crippen molar-refractivity contribution in [3.05, 3.63) is 83.4 Å². The zero-order chi connectivity index (χ0) is 21.0. The van der Waals surface area contributed by atoms with Crippen LogP contribution in [0.15, 0.2) is 60.7 Å². The van der Waals surface area contributed by atoms with E-state index in [0.717, 1.165) is 61.7 Å². The van der Waals surface area contributed by atoms with E-state index in [1.807, 2.05) is 36.4 Å². The van der Waals surface area contributed by atoms with Crippen molar-refractivity contribution in [2.75, 3.05) is 13.1 Å². The van der Waals surface area contributed by atoms with Gasteiger partial charge in [0, 0.05) is 32.0 Å². The highest BCUT2D eigenvalue weighted by Crippen LogP contribution is 2.32. The molecular weight excluding hydrogens is 384 g/mol. The zero-order valence-electron chi connectivity index (χ0n) is 18.0. The Labute approximate surface area is 184 Å². The molecule has 3 heterocycles. The van der Waals surface area contributed by atoms with Gasteiger partial charge < -0.3 is 9.47 Å². The number of hydrogen-bond donors (Lipinski definition) is 0. The number of rotatable bonds is 4. The summed E-state index contributed by atoms with van der Waals surface area (Å²) in [7, 11) is 0. The fourth-order valence-corrected chi connectivity index (χ4v) is 5.15. The first-order valence-corrected chi connectivity index (χ1v) is 11.6. The summed E-state index contributed by atoms with van der Waals surface area (Å²) in [6.45, 7) is 2.55. The van der Waals surface area contributed by atoms with Gasteiger partial charge in [-0.25, -0.2) is 0 Å². The highest BCUT2D eigenvalue weighted by atomic mass is 16.2. The van der Waals surface area contributed by atoms with Crippen molar-refractivity contribution < 1.29 is 4.79 Å². The average molecular weight is 415 g/mol. The van der Waals surface area contributed by atoms with Gasteiger partial charge in [-0.15, -0.1) is 10.2 Å². The van der Waals surface area contributed by atoms with Gasteiger partial charge in [0.25, 0.3) is 0 Å². The molecule has 31 heavy (non-hydrogen) atoms. The first-order chi connectivity index (χ1) is 15.3. The van der Waals surface area contributed by atoms with E-state index in [1.54, 1.807) is 0 Å². The van der Waals surface area contributed by atoms with E-state index in [-0.39, 0.29) is 17.7 Å². The monoisotopic (exact) mass is 414 g/mol. The molecule has 5 heteroatoms. The smallest absolute Gasteiger partial charge is 0.234 e. The molecule has 2 aliphatic rings. The summed E-state index contributed by atoms with van der Waals surface area (Å²) in [5.41, 5.74) is 2.11. The molecule has 160 valence electrons. The number of piperidine rings is 1.